The van der Waals surface area contributed by atoms with Gasteiger partial charge in [0.1, 0.15) is 13.2 Å². The van der Waals surface area contributed by atoms with Gasteiger partial charge in [0.05, 0.1) is 0 Å². The maximum absolute atomic E-state index is 13.0. The van der Waals surface area contributed by atoms with E-state index in [0.717, 1.165) is 57.8 Å². The van der Waals surface area contributed by atoms with Crippen molar-refractivity contribution in [1.82, 2.24) is 0 Å². The van der Waals surface area contributed by atoms with Gasteiger partial charge in [-0.05, 0) is 44.9 Å². The van der Waals surface area contributed by atoms with E-state index in [1.54, 1.807) is 0 Å². The van der Waals surface area contributed by atoms with Crippen LogP contribution in [0, 0.1) is 0 Å². The van der Waals surface area contributed by atoms with Gasteiger partial charge in [-0.2, -0.15) is 0 Å². The fourth-order valence-corrected chi connectivity index (χ4v) is 12.0. The van der Waals surface area contributed by atoms with Crippen molar-refractivity contribution in [2.24, 2.45) is 0 Å². The molecule has 0 amide bonds. The van der Waals surface area contributed by atoms with Crippen LogP contribution in [-0.2, 0) is 28.6 Å². The molecule has 0 fully saturated rings. The van der Waals surface area contributed by atoms with Gasteiger partial charge in [-0.25, -0.2) is 0 Å². The third-order valence-corrected chi connectivity index (χ3v) is 17.8. The lowest BCUT2D eigenvalue weighted by Gasteiger charge is -2.18. The minimum atomic E-state index is -0.766. The van der Waals surface area contributed by atoms with Crippen LogP contribution < -0.4 is 0 Å². The number of allylic oxidation sites excluding steroid dienone is 2. The molecule has 0 aliphatic heterocycles. The second-order valence-corrected chi connectivity index (χ2v) is 26.3. The second-order valence-electron chi connectivity index (χ2n) is 26.3. The zero-order valence-corrected chi connectivity index (χ0v) is 56.8. The van der Waals surface area contributed by atoms with Crippen molar-refractivity contribution >= 4 is 17.9 Å². The Bertz CT molecular complexity index is 1300. The summed E-state index contributed by atoms with van der Waals surface area (Å²) in [5.41, 5.74) is 0. The van der Waals surface area contributed by atoms with Crippen molar-refractivity contribution in [3.8, 4) is 0 Å². The molecular formula is C77H148O6. The number of unbranched alkanes of at least 4 members (excludes halogenated alkanes) is 59. The summed E-state index contributed by atoms with van der Waals surface area (Å²) in [6.07, 6.45) is 88.3. The van der Waals surface area contributed by atoms with E-state index < -0.39 is 6.10 Å². The first-order valence-corrected chi connectivity index (χ1v) is 38.2. The normalized spacial score (nSPS) is 12.0. The molecule has 0 radical (unpaired) electrons. The fourth-order valence-electron chi connectivity index (χ4n) is 12.0. The summed E-state index contributed by atoms with van der Waals surface area (Å²) in [4.78, 5) is 38.5. The lowest BCUT2D eigenvalue weighted by Crippen LogP contribution is -2.30. The Hall–Kier alpha value is -1.85. The molecule has 0 rings (SSSR count). The van der Waals surface area contributed by atoms with Crippen molar-refractivity contribution < 1.29 is 28.6 Å². The molecule has 6 heteroatoms. The second kappa shape index (κ2) is 72.6. The molecule has 0 heterocycles. The Morgan fingerprint density at radius 3 is 0.602 bits per heavy atom. The highest BCUT2D eigenvalue weighted by molar-refractivity contribution is 5.71. The van der Waals surface area contributed by atoms with Gasteiger partial charge < -0.3 is 14.2 Å². The average Bonchev–Trinajstić information content (AvgIpc) is 3.49. The standard InChI is InChI=1S/C77H148O6/c1-4-7-10-13-16-19-22-25-28-31-34-35-36-37-38-39-40-41-42-43-44-47-49-52-55-58-61-64-67-70-76(79)82-73-74(83-77(80)71-68-65-62-59-56-53-50-46-33-30-27-24-21-18-15-12-9-6-3)72-81-75(78)69-66-63-60-57-54-51-48-45-32-29-26-23-20-17-14-11-8-5-2/h31,34,74H,4-30,32-33,35-73H2,1-3H3/b34-31-. The van der Waals surface area contributed by atoms with Crippen LogP contribution in [0.25, 0.3) is 0 Å². The van der Waals surface area contributed by atoms with Gasteiger partial charge in [0.2, 0.25) is 0 Å². The molecule has 0 bridgehead atoms. The topological polar surface area (TPSA) is 78.9 Å². The molecule has 0 aromatic carbocycles. The molecule has 0 N–H and O–H groups in total. The van der Waals surface area contributed by atoms with Crippen LogP contribution in [0.15, 0.2) is 12.2 Å². The molecule has 0 aliphatic carbocycles. The van der Waals surface area contributed by atoms with Crippen LogP contribution in [0.4, 0.5) is 0 Å². The zero-order chi connectivity index (χ0) is 59.9. The maximum atomic E-state index is 13.0. The van der Waals surface area contributed by atoms with Crippen LogP contribution in [0.1, 0.15) is 445 Å². The molecule has 0 aliphatic rings. The van der Waals surface area contributed by atoms with E-state index in [4.69, 9.17) is 14.2 Å². The third-order valence-electron chi connectivity index (χ3n) is 17.8. The summed E-state index contributed by atoms with van der Waals surface area (Å²) in [6, 6.07) is 0. The highest BCUT2D eigenvalue weighted by atomic mass is 16.6. The molecule has 83 heavy (non-hydrogen) atoms. The van der Waals surface area contributed by atoms with Crippen LogP contribution in [-0.4, -0.2) is 37.2 Å². The van der Waals surface area contributed by atoms with Crippen LogP contribution >= 0.6 is 0 Å². The zero-order valence-electron chi connectivity index (χ0n) is 56.8. The van der Waals surface area contributed by atoms with E-state index in [1.807, 2.05) is 0 Å². The van der Waals surface area contributed by atoms with E-state index in [2.05, 4.69) is 32.9 Å². The molecule has 0 spiro atoms. The number of carbonyl (C=O) groups is 3. The Morgan fingerprint density at radius 1 is 0.229 bits per heavy atom. The molecule has 6 nitrogen and oxygen atoms in total. The minimum Gasteiger partial charge on any atom is -0.462 e. The highest BCUT2D eigenvalue weighted by Gasteiger charge is 2.20. The van der Waals surface area contributed by atoms with Crippen molar-refractivity contribution in [3.63, 3.8) is 0 Å². The fraction of sp³-hybridized carbons (Fsp3) is 0.935. The number of hydrogen-bond acceptors (Lipinski definition) is 6. The molecule has 1 unspecified atom stereocenters. The number of rotatable bonds is 72. The first-order valence-electron chi connectivity index (χ1n) is 38.2. The predicted molar refractivity (Wildman–Crippen MR) is 363 cm³/mol. The number of ether oxygens (including phenoxy) is 3. The van der Waals surface area contributed by atoms with E-state index in [-0.39, 0.29) is 31.1 Å². The largest absolute Gasteiger partial charge is 0.462 e. The van der Waals surface area contributed by atoms with E-state index >= 15 is 0 Å². The van der Waals surface area contributed by atoms with Crippen LogP contribution in [0.5, 0.6) is 0 Å². The predicted octanol–water partition coefficient (Wildman–Crippen LogP) is 26.3. The molecule has 0 saturated carbocycles. The summed E-state index contributed by atoms with van der Waals surface area (Å²) < 4.78 is 17.1. The van der Waals surface area contributed by atoms with Gasteiger partial charge in [-0.1, -0.05) is 392 Å². The third kappa shape index (κ3) is 70.8. The van der Waals surface area contributed by atoms with Gasteiger partial charge in [-0.3, -0.25) is 14.4 Å². The summed E-state index contributed by atoms with van der Waals surface area (Å²) >= 11 is 0. The van der Waals surface area contributed by atoms with Gasteiger partial charge in [-0.15, -0.1) is 0 Å². The summed E-state index contributed by atoms with van der Waals surface area (Å²) in [6.45, 7) is 6.75. The Balaban J connectivity index is 4.20. The van der Waals surface area contributed by atoms with Crippen LogP contribution in [0.2, 0.25) is 0 Å². The first-order chi connectivity index (χ1) is 41.0. The lowest BCUT2D eigenvalue weighted by atomic mass is 10.0. The Morgan fingerprint density at radius 2 is 0.398 bits per heavy atom. The Labute approximate surface area is 520 Å². The van der Waals surface area contributed by atoms with Gasteiger partial charge in [0, 0.05) is 19.3 Å². The lowest BCUT2D eigenvalue weighted by molar-refractivity contribution is -0.167. The highest BCUT2D eigenvalue weighted by Crippen LogP contribution is 2.20. The first kappa shape index (κ1) is 81.2. The van der Waals surface area contributed by atoms with Gasteiger partial charge >= 0.3 is 17.9 Å². The van der Waals surface area contributed by atoms with Gasteiger partial charge in [0.25, 0.3) is 0 Å². The SMILES string of the molecule is CCCCCCCCCC/C=C\CCCCCCCCCCCCCCCCCCCC(=O)OCC(COC(=O)CCCCCCCCCCCCCCCCCCCC)OC(=O)CCCCCCCCCCCCCCCCCCCC. The monoisotopic (exact) mass is 1170 g/mol. The van der Waals surface area contributed by atoms with Crippen molar-refractivity contribution in [1.29, 1.82) is 0 Å². The number of carbonyl (C=O) groups excluding carboxylic acids is 3. The molecule has 492 valence electrons. The van der Waals surface area contributed by atoms with Crippen molar-refractivity contribution in [2.75, 3.05) is 13.2 Å². The van der Waals surface area contributed by atoms with Crippen LogP contribution in [0.3, 0.4) is 0 Å². The van der Waals surface area contributed by atoms with Gasteiger partial charge in [0.15, 0.2) is 6.10 Å². The van der Waals surface area contributed by atoms with E-state index in [9.17, 15) is 14.4 Å². The number of hydrogen-bond donors (Lipinski definition) is 0. The quantitative estimate of drug-likeness (QED) is 0.0261. The molecular weight excluding hydrogens is 1020 g/mol. The molecule has 0 saturated heterocycles. The molecule has 1 atom stereocenters. The summed E-state index contributed by atoms with van der Waals surface area (Å²) in [5, 5.41) is 0. The molecule has 0 aromatic heterocycles. The summed E-state index contributed by atoms with van der Waals surface area (Å²) in [5.74, 6) is -0.819. The Kier molecular flexibility index (Phi) is 71.0. The summed E-state index contributed by atoms with van der Waals surface area (Å²) in [7, 11) is 0. The average molecular weight is 1170 g/mol. The van der Waals surface area contributed by atoms with Crippen molar-refractivity contribution in [2.45, 2.75) is 451 Å². The van der Waals surface area contributed by atoms with E-state index in [0.29, 0.717) is 19.3 Å². The van der Waals surface area contributed by atoms with Crippen molar-refractivity contribution in [3.05, 3.63) is 12.2 Å². The van der Waals surface area contributed by atoms with E-state index in [1.165, 1.54) is 347 Å². The smallest absolute Gasteiger partial charge is 0.306 e. The number of esters is 3. The molecule has 0 aromatic rings. The maximum Gasteiger partial charge on any atom is 0.306 e. The minimum absolute atomic E-state index is 0.0614.